The van der Waals surface area contributed by atoms with Crippen molar-refractivity contribution in [2.24, 2.45) is 0 Å². The summed E-state index contributed by atoms with van der Waals surface area (Å²) in [6.07, 6.45) is -2.59. The number of rotatable bonds is 6. The number of hydrogen-bond donors (Lipinski definition) is 1. The van der Waals surface area contributed by atoms with Crippen LogP contribution in [-0.2, 0) is 4.79 Å². The Hall–Kier alpha value is -4.20. The van der Waals surface area contributed by atoms with Gasteiger partial charge in [-0.3, -0.25) is 9.69 Å². The number of amides is 1. The summed E-state index contributed by atoms with van der Waals surface area (Å²) in [5.74, 6) is -2.28. The molecule has 6 heterocycles. The lowest BCUT2D eigenvalue weighted by Crippen LogP contribution is -2.62. The highest BCUT2D eigenvalue weighted by Gasteiger charge is 2.50. The molecule has 0 radical (unpaired) electrons. The maximum atomic E-state index is 17.2. The lowest BCUT2D eigenvalue weighted by molar-refractivity contribution is -0.137. The number of nitrogen functional groups attached to an aromatic ring is 1. The number of nitriles is 1. The lowest BCUT2D eigenvalue weighted by atomic mass is 9.95. The van der Waals surface area contributed by atoms with Crippen LogP contribution in [0.25, 0.3) is 32.1 Å². The van der Waals surface area contributed by atoms with E-state index in [0.717, 1.165) is 23.8 Å². The number of carbonyl (C=O) groups is 1. The summed E-state index contributed by atoms with van der Waals surface area (Å²) >= 11 is 7.79. The molecule has 50 heavy (non-hydrogen) atoms. The average molecular weight is 734 g/mol. The van der Waals surface area contributed by atoms with Gasteiger partial charge in [-0.15, -0.1) is 11.3 Å². The number of likely N-dealkylation sites (N-methyl/N-ethyl adjacent to an activating group) is 1. The Morgan fingerprint density at radius 3 is 2.82 bits per heavy atom. The number of aromatic nitrogens is 2. The summed E-state index contributed by atoms with van der Waals surface area (Å²) in [5.41, 5.74) is 4.85. The van der Waals surface area contributed by atoms with E-state index < -0.39 is 54.2 Å². The van der Waals surface area contributed by atoms with Gasteiger partial charge in [-0.05, 0) is 31.0 Å². The standard InChI is InChI=1S/C33H29ClF5N7O3S/c1-44-15(7-20(37)38)11-46-19(31(44)47)12-48-27-23-26(42-32(43-30(23)46)49-13-33-5-2-6-45(33)10-14(35)8-33)25(39)22(24(27)34)16-3-4-18(36)28-21(16)17(9-40)29(41)50-28/h3-4,14-15,19-20H,2,5-8,10-13,41H2,1H3/t14-,15?,19?,33+/m1/s1. The summed E-state index contributed by atoms with van der Waals surface area (Å²) in [6, 6.07) is 2.10. The van der Waals surface area contributed by atoms with E-state index in [2.05, 4.69) is 9.97 Å². The normalized spacial score (nSPS) is 24.9. The van der Waals surface area contributed by atoms with Gasteiger partial charge < -0.3 is 25.0 Å². The Morgan fingerprint density at radius 2 is 2.06 bits per heavy atom. The molecule has 4 aliphatic rings. The number of alkyl halides is 3. The molecule has 2 aromatic heterocycles. The number of halogens is 6. The number of ether oxygens (including phenoxy) is 2. The molecule has 1 amide bonds. The highest BCUT2D eigenvalue weighted by atomic mass is 35.5. The highest BCUT2D eigenvalue weighted by molar-refractivity contribution is 7.23. The largest absolute Gasteiger partial charge is 0.488 e. The summed E-state index contributed by atoms with van der Waals surface area (Å²) in [6.45, 7) is 0.574. The zero-order chi connectivity index (χ0) is 35.2. The molecule has 4 aliphatic heterocycles. The molecule has 2 unspecified atom stereocenters. The van der Waals surface area contributed by atoms with Crippen molar-refractivity contribution < 1.29 is 36.2 Å². The fourth-order valence-corrected chi connectivity index (χ4v) is 9.34. The first-order valence-electron chi connectivity index (χ1n) is 16.0. The lowest BCUT2D eigenvalue weighted by Gasteiger charge is -2.43. The van der Waals surface area contributed by atoms with Crippen LogP contribution in [0.2, 0.25) is 5.02 Å². The summed E-state index contributed by atoms with van der Waals surface area (Å²) in [4.78, 5) is 27.5. The van der Waals surface area contributed by atoms with Crippen molar-refractivity contribution in [3.63, 3.8) is 0 Å². The third-order valence-electron chi connectivity index (χ3n) is 10.4. The molecule has 8 rings (SSSR count). The molecule has 2 N–H and O–H groups in total. The van der Waals surface area contributed by atoms with E-state index in [9.17, 15) is 27.6 Å². The number of fused-ring (bicyclic) bond motifs is 4. The van der Waals surface area contributed by atoms with Crippen LogP contribution in [0, 0.1) is 23.0 Å². The van der Waals surface area contributed by atoms with Crippen molar-refractivity contribution in [2.75, 3.05) is 50.5 Å². The zero-order valence-electron chi connectivity index (χ0n) is 26.5. The van der Waals surface area contributed by atoms with Gasteiger partial charge in [0.15, 0.2) is 11.6 Å². The minimum Gasteiger partial charge on any atom is -0.488 e. The Labute approximate surface area is 291 Å². The van der Waals surface area contributed by atoms with E-state index >= 15 is 4.39 Å². The number of nitrogens with two attached hydrogens (primary N) is 1. The zero-order valence-corrected chi connectivity index (χ0v) is 28.1. The molecule has 10 nitrogen and oxygen atoms in total. The van der Waals surface area contributed by atoms with Crippen LogP contribution >= 0.6 is 22.9 Å². The van der Waals surface area contributed by atoms with Crippen LogP contribution in [0.4, 0.5) is 32.8 Å². The molecule has 0 bridgehead atoms. The Balaban J connectivity index is 1.35. The quantitative estimate of drug-likeness (QED) is 0.241. The number of anilines is 2. The van der Waals surface area contributed by atoms with Gasteiger partial charge in [0.25, 0.3) is 0 Å². The maximum Gasteiger partial charge on any atom is 0.319 e. The Bertz CT molecular complexity index is 2130. The van der Waals surface area contributed by atoms with Crippen molar-refractivity contribution in [3.8, 4) is 29.0 Å². The van der Waals surface area contributed by atoms with E-state index in [1.165, 1.54) is 22.9 Å². The van der Waals surface area contributed by atoms with Crippen LogP contribution < -0.4 is 20.1 Å². The number of hydrogen-bond acceptors (Lipinski definition) is 10. The van der Waals surface area contributed by atoms with Gasteiger partial charge in [-0.25, -0.2) is 22.0 Å². The van der Waals surface area contributed by atoms with Crippen molar-refractivity contribution in [1.82, 2.24) is 19.8 Å². The molecule has 17 heteroatoms. The van der Waals surface area contributed by atoms with Gasteiger partial charge in [0, 0.05) is 43.9 Å². The fraction of sp³-hybridized carbons (Fsp3) is 0.455. The molecule has 0 aliphatic carbocycles. The summed E-state index contributed by atoms with van der Waals surface area (Å²) in [5, 5.41) is 9.71. The fourth-order valence-electron chi connectivity index (χ4n) is 8.06. The van der Waals surface area contributed by atoms with Gasteiger partial charge in [-0.1, -0.05) is 17.7 Å². The van der Waals surface area contributed by atoms with E-state index in [1.807, 2.05) is 11.0 Å². The second-order valence-electron chi connectivity index (χ2n) is 13.2. The Morgan fingerprint density at radius 1 is 1.26 bits per heavy atom. The molecule has 4 aromatic rings. The first kappa shape index (κ1) is 33.0. The molecule has 3 fully saturated rings. The van der Waals surface area contributed by atoms with Crippen LogP contribution in [0.5, 0.6) is 11.8 Å². The monoisotopic (exact) mass is 733 g/mol. The maximum absolute atomic E-state index is 17.2. The van der Waals surface area contributed by atoms with Crippen molar-refractivity contribution in [3.05, 3.63) is 34.4 Å². The van der Waals surface area contributed by atoms with Crippen molar-refractivity contribution >= 4 is 60.7 Å². The molecular weight excluding hydrogens is 705 g/mol. The van der Waals surface area contributed by atoms with Crippen molar-refractivity contribution in [1.29, 1.82) is 5.26 Å². The van der Waals surface area contributed by atoms with E-state index in [-0.39, 0.29) is 98.0 Å². The molecular formula is C33H29ClF5N7O3S. The number of carbonyl (C=O) groups excluding carboxylic acids is 1. The minimum absolute atomic E-state index is 0.00118. The molecule has 2 aromatic carbocycles. The van der Waals surface area contributed by atoms with Gasteiger partial charge >= 0.3 is 6.01 Å². The van der Waals surface area contributed by atoms with Crippen molar-refractivity contribution in [2.45, 2.75) is 55.9 Å². The highest BCUT2D eigenvalue weighted by Crippen LogP contribution is 2.51. The molecule has 262 valence electrons. The number of benzene rings is 2. The van der Waals surface area contributed by atoms with E-state index in [4.69, 9.17) is 26.8 Å². The van der Waals surface area contributed by atoms with Gasteiger partial charge in [0.1, 0.15) is 53.6 Å². The Kier molecular flexibility index (Phi) is 7.88. The average Bonchev–Trinajstić information content (AvgIpc) is 3.68. The number of thiophene rings is 1. The topological polar surface area (TPSA) is 121 Å². The predicted octanol–water partition coefficient (Wildman–Crippen LogP) is 5.92. The second-order valence-corrected chi connectivity index (χ2v) is 14.6. The van der Waals surface area contributed by atoms with Crippen LogP contribution in [-0.4, -0.2) is 95.8 Å². The van der Waals surface area contributed by atoms with Crippen LogP contribution in [0.15, 0.2) is 12.1 Å². The first-order valence-corrected chi connectivity index (χ1v) is 17.2. The third kappa shape index (κ3) is 4.91. The van der Waals surface area contributed by atoms with Gasteiger partial charge in [-0.2, -0.15) is 15.2 Å². The molecule has 3 saturated heterocycles. The van der Waals surface area contributed by atoms with E-state index in [1.54, 1.807) is 0 Å². The van der Waals surface area contributed by atoms with Crippen LogP contribution in [0.3, 0.4) is 0 Å². The number of nitrogens with zero attached hydrogens (tertiary/aromatic N) is 6. The third-order valence-corrected chi connectivity index (χ3v) is 11.8. The first-order chi connectivity index (χ1) is 23.9. The van der Waals surface area contributed by atoms with Crippen LogP contribution in [0.1, 0.15) is 31.2 Å². The smallest absolute Gasteiger partial charge is 0.319 e. The summed E-state index contributed by atoms with van der Waals surface area (Å²) < 4.78 is 86.4. The molecule has 0 spiro atoms. The number of piperazine rings is 1. The minimum atomic E-state index is -2.71. The van der Waals surface area contributed by atoms with E-state index in [0.29, 0.717) is 13.0 Å². The predicted molar refractivity (Wildman–Crippen MR) is 177 cm³/mol. The molecule has 4 atom stereocenters. The van der Waals surface area contributed by atoms with Gasteiger partial charge in [0.2, 0.25) is 12.3 Å². The molecule has 0 saturated carbocycles. The second kappa shape index (κ2) is 12.0. The summed E-state index contributed by atoms with van der Waals surface area (Å²) in [7, 11) is 1.44. The SMILES string of the molecule is CN1C(=O)C2COc3c(Cl)c(-c4ccc(F)c5sc(N)c(C#N)c45)c(F)c4nc(OC[C@@]56CCCN5C[C@H](F)C6)nc(c34)N2CC1CC(F)F. The van der Waals surface area contributed by atoms with Gasteiger partial charge in [0.05, 0.1) is 32.3 Å².